The van der Waals surface area contributed by atoms with E-state index >= 15 is 0 Å². The van der Waals surface area contributed by atoms with Gasteiger partial charge in [-0.25, -0.2) is 0 Å². The minimum atomic E-state index is -0.495. The van der Waals surface area contributed by atoms with Crippen LogP contribution in [-0.2, 0) is 6.42 Å². The van der Waals surface area contributed by atoms with Crippen molar-refractivity contribution < 1.29 is 9.84 Å². The SMILES string of the molecule is COc1c(C)cccc1CC(O)CN. The van der Waals surface area contributed by atoms with Gasteiger partial charge in [0.1, 0.15) is 5.75 Å². The molecule has 3 N–H and O–H groups in total. The molecule has 0 aliphatic heterocycles. The van der Waals surface area contributed by atoms with E-state index in [1.165, 1.54) is 0 Å². The summed E-state index contributed by atoms with van der Waals surface area (Å²) in [7, 11) is 1.64. The smallest absolute Gasteiger partial charge is 0.125 e. The van der Waals surface area contributed by atoms with Crippen molar-refractivity contribution in [2.24, 2.45) is 5.73 Å². The highest BCUT2D eigenvalue weighted by molar-refractivity contribution is 5.41. The molecule has 1 unspecified atom stereocenters. The Bertz CT molecular complexity index is 299. The third-order valence-corrected chi connectivity index (χ3v) is 2.23. The molecule has 1 rings (SSSR count). The van der Waals surface area contributed by atoms with Gasteiger partial charge in [-0.2, -0.15) is 0 Å². The first-order chi connectivity index (χ1) is 6.69. The van der Waals surface area contributed by atoms with Gasteiger partial charge in [-0.3, -0.25) is 0 Å². The summed E-state index contributed by atoms with van der Waals surface area (Å²) in [5.74, 6) is 0.847. The van der Waals surface area contributed by atoms with Gasteiger partial charge in [0.05, 0.1) is 13.2 Å². The van der Waals surface area contributed by atoms with Crippen molar-refractivity contribution in [1.29, 1.82) is 0 Å². The first kappa shape index (κ1) is 11.0. The largest absolute Gasteiger partial charge is 0.496 e. The van der Waals surface area contributed by atoms with Crippen molar-refractivity contribution in [3.05, 3.63) is 29.3 Å². The molecule has 3 nitrogen and oxygen atoms in total. The van der Waals surface area contributed by atoms with Crippen LogP contribution in [-0.4, -0.2) is 24.9 Å². The summed E-state index contributed by atoms with van der Waals surface area (Å²) in [6, 6.07) is 5.89. The van der Waals surface area contributed by atoms with Crippen molar-refractivity contribution in [3.63, 3.8) is 0 Å². The van der Waals surface area contributed by atoms with E-state index in [0.717, 1.165) is 16.9 Å². The number of benzene rings is 1. The molecule has 0 aromatic heterocycles. The van der Waals surface area contributed by atoms with Gasteiger partial charge in [0.15, 0.2) is 0 Å². The molecule has 0 saturated heterocycles. The molecule has 78 valence electrons. The van der Waals surface area contributed by atoms with E-state index < -0.39 is 6.10 Å². The average Bonchev–Trinajstić information content (AvgIpc) is 2.18. The van der Waals surface area contributed by atoms with Crippen molar-refractivity contribution in [2.45, 2.75) is 19.4 Å². The minimum absolute atomic E-state index is 0.275. The Morgan fingerprint density at radius 1 is 1.50 bits per heavy atom. The molecule has 0 radical (unpaired) electrons. The first-order valence-corrected chi connectivity index (χ1v) is 4.69. The summed E-state index contributed by atoms with van der Waals surface area (Å²) in [5.41, 5.74) is 7.44. The number of nitrogens with two attached hydrogens (primary N) is 1. The average molecular weight is 195 g/mol. The summed E-state index contributed by atoms with van der Waals surface area (Å²) in [5, 5.41) is 9.44. The summed E-state index contributed by atoms with van der Waals surface area (Å²) in [6.07, 6.45) is 0.0483. The molecule has 1 aromatic rings. The maximum Gasteiger partial charge on any atom is 0.125 e. The zero-order valence-electron chi connectivity index (χ0n) is 8.66. The van der Waals surface area contributed by atoms with Crippen LogP contribution in [0.3, 0.4) is 0 Å². The van der Waals surface area contributed by atoms with Crippen LogP contribution in [0.4, 0.5) is 0 Å². The standard InChI is InChI=1S/C11H17NO2/c1-8-4-3-5-9(11(8)14-2)6-10(13)7-12/h3-5,10,13H,6-7,12H2,1-2H3. The maximum atomic E-state index is 9.44. The molecule has 0 amide bonds. The monoisotopic (exact) mass is 195 g/mol. The van der Waals surface area contributed by atoms with E-state index in [-0.39, 0.29) is 6.54 Å². The van der Waals surface area contributed by atoms with Gasteiger partial charge in [0.25, 0.3) is 0 Å². The van der Waals surface area contributed by atoms with Gasteiger partial charge >= 0.3 is 0 Å². The Labute approximate surface area is 84.5 Å². The normalized spacial score (nSPS) is 12.6. The minimum Gasteiger partial charge on any atom is -0.496 e. The number of aryl methyl sites for hydroxylation is 1. The molecule has 3 heteroatoms. The number of para-hydroxylation sites is 1. The number of hydrogen-bond donors (Lipinski definition) is 2. The van der Waals surface area contributed by atoms with Gasteiger partial charge in [-0.05, 0) is 18.1 Å². The van der Waals surface area contributed by atoms with Crippen molar-refractivity contribution in [2.75, 3.05) is 13.7 Å². The third-order valence-electron chi connectivity index (χ3n) is 2.23. The van der Waals surface area contributed by atoms with Gasteiger partial charge < -0.3 is 15.6 Å². The molecule has 1 aromatic carbocycles. The van der Waals surface area contributed by atoms with E-state index in [4.69, 9.17) is 10.5 Å². The van der Waals surface area contributed by atoms with E-state index in [1.54, 1.807) is 7.11 Å². The molecule has 0 saturated carbocycles. The van der Waals surface area contributed by atoms with Gasteiger partial charge in [0.2, 0.25) is 0 Å². The molecule has 0 aliphatic carbocycles. The van der Waals surface area contributed by atoms with E-state index in [1.807, 2.05) is 25.1 Å². The molecular formula is C11H17NO2. The van der Waals surface area contributed by atoms with Crippen LogP contribution < -0.4 is 10.5 Å². The Morgan fingerprint density at radius 2 is 2.21 bits per heavy atom. The second kappa shape index (κ2) is 4.98. The number of aliphatic hydroxyl groups is 1. The number of rotatable bonds is 4. The highest BCUT2D eigenvalue weighted by Crippen LogP contribution is 2.23. The molecule has 1 atom stereocenters. The van der Waals surface area contributed by atoms with Crippen LogP contribution in [0, 0.1) is 6.92 Å². The van der Waals surface area contributed by atoms with Gasteiger partial charge in [-0.15, -0.1) is 0 Å². The Kier molecular flexibility index (Phi) is 3.92. The number of aliphatic hydroxyl groups excluding tert-OH is 1. The lowest BCUT2D eigenvalue weighted by molar-refractivity contribution is 0.182. The lowest BCUT2D eigenvalue weighted by atomic mass is 10.0. The molecule has 0 heterocycles. The molecule has 14 heavy (non-hydrogen) atoms. The van der Waals surface area contributed by atoms with Crippen LogP contribution in [0.25, 0.3) is 0 Å². The fourth-order valence-electron chi connectivity index (χ4n) is 1.50. The van der Waals surface area contributed by atoms with Gasteiger partial charge in [0, 0.05) is 13.0 Å². The van der Waals surface area contributed by atoms with Crippen LogP contribution in [0.15, 0.2) is 18.2 Å². The van der Waals surface area contributed by atoms with Crippen molar-refractivity contribution >= 4 is 0 Å². The molecule has 0 aliphatic rings. The highest BCUT2D eigenvalue weighted by atomic mass is 16.5. The van der Waals surface area contributed by atoms with Crippen molar-refractivity contribution in [1.82, 2.24) is 0 Å². The zero-order valence-corrected chi connectivity index (χ0v) is 8.66. The van der Waals surface area contributed by atoms with Crippen LogP contribution >= 0.6 is 0 Å². The van der Waals surface area contributed by atoms with E-state index in [2.05, 4.69) is 0 Å². The van der Waals surface area contributed by atoms with E-state index in [0.29, 0.717) is 6.42 Å². The third kappa shape index (κ3) is 2.47. The second-order valence-electron chi connectivity index (χ2n) is 3.36. The topological polar surface area (TPSA) is 55.5 Å². The van der Waals surface area contributed by atoms with Crippen LogP contribution in [0.2, 0.25) is 0 Å². The zero-order chi connectivity index (χ0) is 10.6. The molecule has 0 spiro atoms. The van der Waals surface area contributed by atoms with Crippen LogP contribution in [0.5, 0.6) is 5.75 Å². The Hall–Kier alpha value is -1.06. The van der Waals surface area contributed by atoms with Crippen LogP contribution in [0.1, 0.15) is 11.1 Å². The quantitative estimate of drug-likeness (QED) is 0.749. The fraction of sp³-hybridized carbons (Fsp3) is 0.455. The Balaban J connectivity index is 2.90. The summed E-state index contributed by atoms with van der Waals surface area (Å²) in [6.45, 7) is 2.26. The molecule has 0 bridgehead atoms. The fourth-order valence-corrected chi connectivity index (χ4v) is 1.50. The predicted octanol–water partition coefficient (Wildman–Crippen LogP) is 0.866. The second-order valence-corrected chi connectivity index (χ2v) is 3.36. The summed E-state index contributed by atoms with van der Waals surface area (Å²) in [4.78, 5) is 0. The van der Waals surface area contributed by atoms with Gasteiger partial charge in [-0.1, -0.05) is 18.2 Å². The number of ether oxygens (including phenoxy) is 1. The maximum absolute atomic E-state index is 9.44. The van der Waals surface area contributed by atoms with E-state index in [9.17, 15) is 5.11 Å². The lowest BCUT2D eigenvalue weighted by Gasteiger charge is -2.13. The first-order valence-electron chi connectivity index (χ1n) is 4.69. The number of hydrogen-bond acceptors (Lipinski definition) is 3. The molecular weight excluding hydrogens is 178 g/mol. The summed E-state index contributed by atoms with van der Waals surface area (Å²) >= 11 is 0. The number of methoxy groups -OCH3 is 1. The molecule has 0 fully saturated rings. The lowest BCUT2D eigenvalue weighted by Crippen LogP contribution is -2.22. The Morgan fingerprint density at radius 3 is 2.79 bits per heavy atom. The predicted molar refractivity (Wildman–Crippen MR) is 56.5 cm³/mol. The highest BCUT2D eigenvalue weighted by Gasteiger charge is 2.09. The van der Waals surface area contributed by atoms with Crippen molar-refractivity contribution in [3.8, 4) is 5.75 Å². The summed E-state index contributed by atoms with van der Waals surface area (Å²) < 4.78 is 5.27.